The van der Waals surface area contributed by atoms with Gasteiger partial charge in [-0.05, 0) is 26.7 Å². The molecule has 9 heteroatoms. The second kappa shape index (κ2) is 9.11. The van der Waals surface area contributed by atoms with E-state index in [0.29, 0.717) is 35.0 Å². The number of carbonyl (C=O) groups is 1. The molecule has 0 aliphatic heterocycles. The Hall–Kier alpha value is -2.16. The van der Waals surface area contributed by atoms with Crippen molar-refractivity contribution in [3.8, 4) is 0 Å². The Morgan fingerprint density at radius 2 is 1.72 bits per heavy atom. The molecule has 0 atom stereocenters. The molecular formula is C20H29N5O3S. The molecule has 1 saturated carbocycles. The summed E-state index contributed by atoms with van der Waals surface area (Å²) in [7, 11) is 3.08. The molecular weight excluding hydrogens is 390 g/mol. The first-order chi connectivity index (χ1) is 13.9. The molecule has 0 radical (unpaired) electrons. The van der Waals surface area contributed by atoms with Crippen molar-refractivity contribution < 1.29 is 4.79 Å². The van der Waals surface area contributed by atoms with Crippen LogP contribution < -0.4 is 11.2 Å². The van der Waals surface area contributed by atoms with Gasteiger partial charge in [0.15, 0.2) is 5.65 Å². The highest BCUT2D eigenvalue weighted by atomic mass is 32.2. The Morgan fingerprint density at radius 3 is 2.34 bits per heavy atom. The fourth-order valence-electron chi connectivity index (χ4n) is 3.89. The molecule has 1 fully saturated rings. The number of thioether (sulfide) groups is 1. The third-order valence-electron chi connectivity index (χ3n) is 5.70. The van der Waals surface area contributed by atoms with Crippen molar-refractivity contribution in [3.63, 3.8) is 0 Å². The smallest absolute Gasteiger partial charge is 0.332 e. The first-order valence-electron chi connectivity index (χ1n) is 10.3. The molecule has 1 aliphatic rings. The maximum absolute atomic E-state index is 12.9. The molecule has 1 aliphatic carbocycles. The Balaban J connectivity index is 2.11. The van der Waals surface area contributed by atoms with Crippen LogP contribution in [0.5, 0.6) is 0 Å². The van der Waals surface area contributed by atoms with Crippen LogP contribution in [0.15, 0.2) is 14.6 Å². The molecule has 8 nitrogen and oxygen atoms in total. The quantitative estimate of drug-likeness (QED) is 0.526. The summed E-state index contributed by atoms with van der Waals surface area (Å²) in [5, 5.41) is 0.804. The van der Waals surface area contributed by atoms with Crippen LogP contribution in [0.3, 0.4) is 0 Å². The lowest BCUT2D eigenvalue weighted by Gasteiger charge is -2.22. The summed E-state index contributed by atoms with van der Waals surface area (Å²) in [4.78, 5) is 48.9. The third kappa shape index (κ3) is 4.24. The highest BCUT2D eigenvalue weighted by Crippen LogP contribution is 2.33. The van der Waals surface area contributed by atoms with Gasteiger partial charge in [-0.25, -0.2) is 14.8 Å². The van der Waals surface area contributed by atoms with Crippen molar-refractivity contribution in [2.45, 2.75) is 56.9 Å². The number of fused-ring (bicyclic) bond motifs is 1. The summed E-state index contributed by atoms with van der Waals surface area (Å²) >= 11 is 1.26. The highest BCUT2D eigenvalue weighted by molar-refractivity contribution is 8.00. The van der Waals surface area contributed by atoms with E-state index in [-0.39, 0.29) is 17.6 Å². The fourth-order valence-corrected chi connectivity index (χ4v) is 4.81. The average molecular weight is 420 g/mol. The number of aryl methyl sites for hydroxylation is 1. The minimum atomic E-state index is -0.420. The van der Waals surface area contributed by atoms with E-state index in [1.807, 2.05) is 13.8 Å². The molecule has 158 valence electrons. The number of carbonyl (C=O) groups excluding carboxylic acids is 1. The lowest BCUT2D eigenvalue weighted by Crippen LogP contribution is -2.38. The molecule has 0 spiro atoms. The fraction of sp³-hybridized carbons (Fsp3) is 0.650. The normalized spacial score (nSPS) is 15.0. The van der Waals surface area contributed by atoms with Crippen LogP contribution >= 0.6 is 11.8 Å². The first kappa shape index (κ1) is 21.5. The van der Waals surface area contributed by atoms with Gasteiger partial charge in [-0.1, -0.05) is 31.0 Å². The van der Waals surface area contributed by atoms with Gasteiger partial charge in [0.2, 0.25) is 5.91 Å². The first-order valence-corrected chi connectivity index (χ1v) is 11.3. The number of rotatable bonds is 6. The van der Waals surface area contributed by atoms with Gasteiger partial charge in [0.1, 0.15) is 16.2 Å². The van der Waals surface area contributed by atoms with Crippen molar-refractivity contribution in [2.24, 2.45) is 14.1 Å². The zero-order valence-electron chi connectivity index (χ0n) is 17.6. The van der Waals surface area contributed by atoms with Gasteiger partial charge in [0, 0.05) is 33.1 Å². The number of amides is 1. The molecule has 0 saturated heterocycles. The summed E-state index contributed by atoms with van der Waals surface area (Å²) in [6, 6.07) is 0. The van der Waals surface area contributed by atoms with Crippen LogP contribution in [0.25, 0.3) is 11.0 Å². The summed E-state index contributed by atoms with van der Waals surface area (Å²) in [5.41, 5.74) is -0.478. The summed E-state index contributed by atoms with van der Waals surface area (Å²) < 4.78 is 2.48. The van der Waals surface area contributed by atoms with Crippen molar-refractivity contribution in [1.82, 2.24) is 24.0 Å². The standard InChI is InChI=1S/C20H29N5O3S/c1-5-25(6-2)14(26)12-29-18-15-17(23(3)20(28)24(4)19(15)27)21-16(22-18)13-10-8-7-9-11-13/h13H,5-12H2,1-4H3. The van der Waals surface area contributed by atoms with Crippen molar-refractivity contribution in [3.05, 3.63) is 26.7 Å². The second-order valence-corrected chi connectivity index (χ2v) is 8.45. The molecule has 2 heterocycles. The molecule has 0 aromatic carbocycles. The Kier molecular flexibility index (Phi) is 6.77. The zero-order chi connectivity index (χ0) is 21.1. The molecule has 0 bridgehead atoms. The highest BCUT2D eigenvalue weighted by Gasteiger charge is 2.24. The molecule has 1 amide bonds. The Morgan fingerprint density at radius 1 is 1.07 bits per heavy atom. The molecule has 2 aromatic heterocycles. The minimum Gasteiger partial charge on any atom is -0.343 e. The Labute approximate surface area is 174 Å². The molecule has 0 unspecified atom stereocenters. The van der Waals surface area contributed by atoms with E-state index in [1.165, 1.54) is 29.8 Å². The van der Waals surface area contributed by atoms with E-state index < -0.39 is 11.2 Å². The SMILES string of the molecule is CCN(CC)C(=O)CSc1nc(C2CCCCC2)nc2c1c(=O)n(C)c(=O)n2C. The van der Waals surface area contributed by atoms with Crippen LogP contribution in [0, 0.1) is 0 Å². The van der Waals surface area contributed by atoms with Crippen LogP contribution in [0.2, 0.25) is 0 Å². The molecule has 29 heavy (non-hydrogen) atoms. The monoisotopic (exact) mass is 419 g/mol. The topological polar surface area (TPSA) is 90.1 Å². The predicted octanol–water partition coefficient (Wildman–Crippen LogP) is 2.04. The van der Waals surface area contributed by atoms with Crippen molar-refractivity contribution in [1.29, 1.82) is 0 Å². The maximum Gasteiger partial charge on any atom is 0.332 e. The zero-order valence-corrected chi connectivity index (χ0v) is 18.4. The van der Waals surface area contributed by atoms with Crippen LogP contribution in [0.4, 0.5) is 0 Å². The summed E-state index contributed by atoms with van der Waals surface area (Å²) in [6.07, 6.45) is 5.48. The molecule has 2 aromatic rings. The third-order valence-corrected chi connectivity index (χ3v) is 6.66. The van der Waals surface area contributed by atoms with E-state index in [0.717, 1.165) is 30.3 Å². The van der Waals surface area contributed by atoms with Crippen LogP contribution in [-0.4, -0.2) is 48.8 Å². The van der Waals surface area contributed by atoms with Crippen LogP contribution in [-0.2, 0) is 18.9 Å². The van der Waals surface area contributed by atoms with Gasteiger partial charge >= 0.3 is 5.69 Å². The largest absolute Gasteiger partial charge is 0.343 e. The predicted molar refractivity (Wildman–Crippen MR) is 114 cm³/mol. The second-order valence-electron chi connectivity index (χ2n) is 7.48. The average Bonchev–Trinajstić information content (AvgIpc) is 2.75. The number of aromatic nitrogens is 4. The molecule has 3 rings (SSSR count). The molecule has 0 N–H and O–H groups in total. The Bertz CT molecular complexity index is 1020. The van der Waals surface area contributed by atoms with E-state index >= 15 is 0 Å². The van der Waals surface area contributed by atoms with E-state index in [1.54, 1.807) is 11.9 Å². The number of hydrogen-bond acceptors (Lipinski definition) is 6. The lowest BCUT2D eigenvalue weighted by atomic mass is 9.89. The summed E-state index contributed by atoms with van der Waals surface area (Å²) in [5.74, 6) is 1.11. The van der Waals surface area contributed by atoms with Gasteiger partial charge in [-0.2, -0.15) is 0 Å². The number of hydrogen-bond donors (Lipinski definition) is 0. The minimum absolute atomic E-state index is 0.00706. The van der Waals surface area contributed by atoms with Gasteiger partial charge in [0.25, 0.3) is 5.56 Å². The van der Waals surface area contributed by atoms with Gasteiger partial charge in [-0.3, -0.25) is 18.7 Å². The van der Waals surface area contributed by atoms with E-state index in [2.05, 4.69) is 4.98 Å². The maximum atomic E-state index is 12.9. The van der Waals surface area contributed by atoms with Crippen molar-refractivity contribution >= 4 is 28.7 Å². The summed E-state index contributed by atoms with van der Waals surface area (Å²) in [6.45, 7) is 5.17. The van der Waals surface area contributed by atoms with Crippen LogP contribution in [0.1, 0.15) is 57.7 Å². The number of nitrogens with zero attached hydrogens (tertiary/aromatic N) is 5. The van der Waals surface area contributed by atoms with Gasteiger partial charge in [-0.15, -0.1) is 0 Å². The van der Waals surface area contributed by atoms with Crippen molar-refractivity contribution in [2.75, 3.05) is 18.8 Å². The van der Waals surface area contributed by atoms with E-state index in [9.17, 15) is 14.4 Å². The van der Waals surface area contributed by atoms with Gasteiger partial charge in [0.05, 0.1) is 5.75 Å². The lowest BCUT2D eigenvalue weighted by molar-refractivity contribution is -0.127. The van der Waals surface area contributed by atoms with Gasteiger partial charge < -0.3 is 4.90 Å². The van der Waals surface area contributed by atoms with E-state index in [4.69, 9.17) is 4.98 Å².